The first kappa shape index (κ1) is 12.1. The van der Waals surface area contributed by atoms with Gasteiger partial charge in [0.1, 0.15) is 0 Å². The maximum Gasteiger partial charge on any atom is 0.0991 e. The molecular formula is C15H20N2. The van der Waals surface area contributed by atoms with Crippen molar-refractivity contribution in [3.05, 3.63) is 35.4 Å². The van der Waals surface area contributed by atoms with Crippen molar-refractivity contribution in [1.29, 1.82) is 5.26 Å². The Morgan fingerprint density at radius 3 is 2.53 bits per heavy atom. The second-order valence-electron chi connectivity index (χ2n) is 4.92. The summed E-state index contributed by atoms with van der Waals surface area (Å²) in [7, 11) is 0. The highest BCUT2D eigenvalue weighted by atomic mass is 14.8. The minimum absolute atomic E-state index is 0.736. The van der Waals surface area contributed by atoms with Gasteiger partial charge in [0.15, 0.2) is 0 Å². The van der Waals surface area contributed by atoms with Crippen LogP contribution in [0.2, 0.25) is 0 Å². The number of benzene rings is 1. The predicted octanol–water partition coefficient (Wildman–Crippen LogP) is 3.23. The summed E-state index contributed by atoms with van der Waals surface area (Å²) in [5.41, 5.74) is 2.00. The average Bonchev–Trinajstić information content (AvgIpc) is 2.88. The molecule has 0 amide bonds. The highest BCUT2D eigenvalue weighted by molar-refractivity contribution is 5.31. The highest BCUT2D eigenvalue weighted by Gasteiger charge is 2.13. The van der Waals surface area contributed by atoms with Crippen molar-refractivity contribution < 1.29 is 0 Å². The summed E-state index contributed by atoms with van der Waals surface area (Å²) in [4.78, 5) is 0. The highest BCUT2D eigenvalue weighted by Crippen LogP contribution is 2.26. The molecular weight excluding hydrogens is 208 g/mol. The minimum atomic E-state index is 0.736. The Balaban J connectivity index is 1.65. The van der Waals surface area contributed by atoms with E-state index < -0.39 is 0 Å². The van der Waals surface area contributed by atoms with E-state index in [0.717, 1.165) is 24.6 Å². The zero-order chi connectivity index (χ0) is 11.9. The van der Waals surface area contributed by atoms with E-state index in [2.05, 4.69) is 11.4 Å². The van der Waals surface area contributed by atoms with E-state index in [0.29, 0.717) is 0 Å². The molecule has 1 aliphatic carbocycles. The largest absolute Gasteiger partial charge is 0.313 e. The van der Waals surface area contributed by atoms with Gasteiger partial charge in [0, 0.05) is 6.54 Å². The fraction of sp³-hybridized carbons (Fsp3) is 0.533. The number of hydrogen-bond donors (Lipinski definition) is 1. The molecule has 0 aliphatic heterocycles. The summed E-state index contributed by atoms with van der Waals surface area (Å²) in [5, 5.41) is 12.2. The first-order valence-electron chi connectivity index (χ1n) is 6.58. The zero-order valence-electron chi connectivity index (χ0n) is 10.3. The summed E-state index contributed by atoms with van der Waals surface area (Å²) in [5.74, 6) is 0.962. The molecule has 0 radical (unpaired) electrons. The molecule has 1 aliphatic rings. The van der Waals surface area contributed by atoms with Gasteiger partial charge in [0.05, 0.1) is 11.6 Å². The van der Waals surface area contributed by atoms with Gasteiger partial charge in [-0.05, 0) is 36.6 Å². The molecule has 2 nitrogen and oxygen atoms in total. The van der Waals surface area contributed by atoms with Crippen LogP contribution in [0, 0.1) is 17.2 Å². The Morgan fingerprint density at radius 2 is 1.88 bits per heavy atom. The van der Waals surface area contributed by atoms with Gasteiger partial charge < -0.3 is 5.32 Å². The van der Waals surface area contributed by atoms with Crippen molar-refractivity contribution in [3.63, 3.8) is 0 Å². The van der Waals surface area contributed by atoms with E-state index >= 15 is 0 Å². The van der Waals surface area contributed by atoms with Crippen molar-refractivity contribution >= 4 is 0 Å². The lowest BCUT2D eigenvalue weighted by molar-refractivity contribution is 0.477. The van der Waals surface area contributed by atoms with E-state index in [-0.39, 0.29) is 0 Å². The predicted molar refractivity (Wildman–Crippen MR) is 69.4 cm³/mol. The summed E-state index contributed by atoms with van der Waals surface area (Å²) in [6, 6.07) is 9.96. The Labute approximate surface area is 104 Å². The lowest BCUT2D eigenvalue weighted by Gasteiger charge is -2.09. The van der Waals surface area contributed by atoms with Crippen LogP contribution in [0.1, 0.15) is 43.2 Å². The van der Waals surface area contributed by atoms with E-state index in [9.17, 15) is 0 Å². The molecule has 0 atom stereocenters. The third-order valence-electron chi connectivity index (χ3n) is 3.62. The average molecular weight is 228 g/mol. The first-order valence-corrected chi connectivity index (χ1v) is 6.58. The molecule has 17 heavy (non-hydrogen) atoms. The lowest BCUT2D eigenvalue weighted by Crippen LogP contribution is -2.16. The summed E-state index contributed by atoms with van der Waals surface area (Å²) in [6.07, 6.45) is 7.04. The third-order valence-corrected chi connectivity index (χ3v) is 3.62. The Hall–Kier alpha value is -1.33. The van der Waals surface area contributed by atoms with Crippen LogP contribution in [-0.4, -0.2) is 6.54 Å². The summed E-state index contributed by atoms with van der Waals surface area (Å²) >= 11 is 0. The quantitative estimate of drug-likeness (QED) is 0.785. The van der Waals surface area contributed by atoms with Crippen molar-refractivity contribution in [2.75, 3.05) is 6.54 Å². The monoisotopic (exact) mass is 228 g/mol. The summed E-state index contributed by atoms with van der Waals surface area (Å²) < 4.78 is 0. The van der Waals surface area contributed by atoms with Crippen LogP contribution in [0.5, 0.6) is 0 Å². The van der Waals surface area contributed by atoms with Crippen molar-refractivity contribution in [2.45, 2.75) is 38.6 Å². The Kier molecular flexibility index (Phi) is 4.58. The molecule has 90 valence electrons. The van der Waals surface area contributed by atoms with E-state index in [4.69, 9.17) is 5.26 Å². The van der Waals surface area contributed by atoms with Crippen LogP contribution in [0.25, 0.3) is 0 Å². The van der Waals surface area contributed by atoms with Crippen LogP contribution in [0.3, 0.4) is 0 Å². The van der Waals surface area contributed by atoms with E-state index in [1.165, 1.54) is 37.7 Å². The smallest absolute Gasteiger partial charge is 0.0991 e. The number of nitrogens with zero attached hydrogens (tertiary/aromatic N) is 1. The minimum Gasteiger partial charge on any atom is -0.313 e. The van der Waals surface area contributed by atoms with Crippen LogP contribution in [0.15, 0.2) is 24.3 Å². The molecule has 0 spiro atoms. The molecule has 1 saturated carbocycles. The van der Waals surface area contributed by atoms with Crippen molar-refractivity contribution in [1.82, 2.24) is 5.32 Å². The zero-order valence-corrected chi connectivity index (χ0v) is 10.3. The Morgan fingerprint density at radius 1 is 1.18 bits per heavy atom. The molecule has 0 aromatic heterocycles. The van der Waals surface area contributed by atoms with E-state index in [1.807, 2.05) is 24.3 Å². The maximum absolute atomic E-state index is 8.70. The fourth-order valence-electron chi connectivity index (χ4n) is 2.54. The molecule has 0 unspecified atom stereocenters. The number of nitrogens with one attached hydrogen (secondary N) is 1. The van der Waals surface area contributed by atoms with Crippen LogP contribution in [0.4, 0.5) is 0 Å². The van der Waals surface area contributed by atoms with Crippen molar-refractivity contribution in [2.24, 2.45) is 5.92 Å². The molecule has 1 aromatic carbocycles. The molecule has 1 aromatic rings. The molecule has 1 fully saturated rings. The van der Waals surface area contributed by atoms with Crippen LogP contribution < -0.4 is 5.32 Å². The van der Waals surface area contributed by atoms with Crippen LogP contribution in [-0.2, 0) is 6.54 Å². The van der Waals surface area contributed by atoms with Gasteiger partial charge in [-0.3, -0.25) is 0 Å². The molecule has 0 heterocycles. The van der Waals surface area contributed by atoms with Gasteiger partial charge in [-0.25, -0.2) is 0 Å². The van der Waals surface area contributed by atoms with Gasteiger partial charge in [0.25, 0.3) is 0 Å². The normalized spacial score (nSPS) is 15.9. The maximum atomic E-state index is 8.70. The van der Waals surface area contributed by atoms with Crippen molar-refractivity contribution in [3.8, 4) is 6.07 Å². The Bertz CT molecular complexity index is 369. The lowest BCUT2D eigenvalue weighted by atomic mass is 10.0. The van der Waals surface area contributed by atoms with E-state index in [1.54, 1.807) is 0 Å². The van der Waals surface area contributed by atoms with Crippen LogP contribution >= 0.6 is 0 Å². The first-order chi connectivity index (χ1) is 8.38. The van der Waals surface area contributed by atoms with Gasteiger partial charge in [-0.1, -0.05) is 37.8 Å². The van der Waals surface area contributed by atoms with Gasteiger partial charge in [0.2, 0.25) is 0 Å². The standard InChI is InChI=1S/C15H20N2/c16-11-14-5-7-15(8-6-14)12-17-10-9-13-3-1-2-4-13/h5-8,13,17H,1-4,9-10,12H2. The fourth-order valence-corrected chi connectivity index (χ4v) is 2.54. The molecule has 2 rings (SSSR count). The van der Waals surface area contributed by atoms with Gasteiger partial charge in [-0.2, -0.15) is 5.26 Å². The second-order valence-corrected chi connectivity index (χ2v) is 4.92. The molecule has 1 N–H and O–H groups in total. The summed E-state index contributed by atoms with van der Waals surface area (Å²) in [6.45, 7) is 2.03. The number of hydrogen-bond acceptors (Lipinski definition) is 2. The topological polar surface area (TPSA) is 35.8 Å². The number of nitriles is 1. The molecule has 0 bridgehead atoms. The van der Waals surface area contributed by atoms with Gasteiger partial charge >= 0.3 is 0 Å². The molecule has 0 saturated heterocycles. The van der Waals surface area contributed by atoms with Gasteiger partial charge in [-0.15, -0.1) is 0 Å². The second kappa shape index (κ2) is 6.42. The number of rotatable bonds is 5. The molecule has 2 heteroatoms. The SMILES string of the molecule is N#Cc1ccc(CNCCC2CCCC2)cc1. The third kappa shape index (κ3) is 3.87.